The molecule has 0 bridgehead atoms. The van der Waals surface area contributed by atoms with Gasteiger partial charge in [0.1, 0.15) is 0 Å². The number of non-ortho nitro benzene ring substituents is 1. The lowest BCUT2D eigenvalue weighted by atomic mass is 9.96. The van der Waals surface area contributed by atoms with E-state index in [1.54, 1.807) is 23.9 Å². The number of para-hydroxylation sites is 1. The summed E-state index contributed by atoms with van der Waals surface area (Å²) in [6.45, 7) is 8.67. The quantitative estimate of drug-likeness (QED) is 0.114. The van der Waals surface area contributed by atoms with E-state index in [1.165, 1.54) is 40.2 Å². The van der Waals surface area contributed by atoms with Gasteiger partial charge in [-0.3, -0.25) is 15.1 Å². The molecule has 1 aliphatic rings. The normalized spacial score (nSPS) is 16.4. The summed E-state index contributed by atoms with van der Waals surface area (Å²) < 4.78 is 2.36. The Hall–Kier alpha value is -4.47. The van der Waals surface area contributed by atoms with Gasteiger partial charge in [0.05, 0.1) is 28.4 Å². The predicted octanol–water partition coefficient (Wildman–Crippen LogP) is 8.34. The smallest absolute Gasteiger partial charge is 0.269 e. The summed E-state index contributed by atoms with van der Waals surface area (Å²) in [5.74, 6) is 0. The monoisotopic (exact) mass is 605 g/mol. The van der Waals surface area contributed by atoms with Crippen molar-refractivity contribution in [3.63, 3.8) is 0 Å². The van der Waals surface area contributed by atoms with Gasteiger partial charge in [0, 0.05) is 45.2 Å². The first kappa shape index (κ1) is 28.6. The minimum Gasteiger partial charge on any atom is -0.351 e. The van der Waals surface area contributed by atoms with Crippen LogP contribution in [-0.2, 0) is 0 Å². The number of hydrogen-bond acceptors (Lipinski definition) is 5. The molecule has 7 nitrogen and oxygen atoms in total. The van der Waals surface area contributed by atoms with E-state index in [2.05, 4.69) is 91.0 Å². The number of nitrogens with one attached hydrogen (secondary N) is 1. The second kappa shape index (κ2) is 11.7. The van der Waals surface area contributed by atoms with E-state index in [0.717, 1.165) is 26.9 Å². The molecule has 1 aliphatic heterocycles. The highest BCUT2D eigenvalue weighted by atomic mass is 32.2. The van der Waals surface area contributed by atoms with Gasteiger partial charge in [0.2, 0.25) is 0 Å². The van der Waals surface area contributed by atoms with E-state index in [0.29, 0.717) is 5.11 Å². The van der Waals surface area contributed by atoms with Gasteiger partial charge < -0.3 is 14.8 Å². The zero-order chi connectivity index (χ0) is 30.2. The van der Waals surface area contributed by atoms with Crippen LogP contribution in [0.4, 0.5) is 11.4 Å². The highest BCUT2D eigenvalue weighted by Crippen LogP contribution is 2.44. The van der Waals surface area contributed by atoms with Gasteiger partial charge in [0.25, 0.3) is 5.69 Å². The molecular formula is C34H31N5O2S2. The van der Waals surface area contributed by atoms with Crippen LogP contribution < -0.4 is 10.2 Å². The lowest BCUT2D eigenvalue weighted by Gasteiger charge is -2.28. The number of aromatic nitrogens is 2. The number of thiocarbonyl (C=S) groups is 1. The molecule has 3 heterocycles. The molecule has 0 saturated carbocycles. The zero-order valence-electron chi connectivity index (χ0n) is 24.3. The topological polar surface area (TPSA) is 76.2 Å². The maximum absolute atomic E-state index is 11.0. The van der Waals surface area contributed by atoms with E-state index < -0.39 is 0 Å². The fourth-order valence-corrected chi connectivity index (χ4v) is 7.15. The van der Waals surface area contributed by atoms with Crippen molar-refractivity contribution in [2.75, 3.05) is 4.90 Å². The molecule has 43 heavy (non-hydrogen) atoms. The summed E-state index contributed by atoms with van der Waals surface area (Å²) in [5.41, 5.74) is 9.18. The molecule has 0 amide bonds. The number of hydrogen-bond donors (Lipinski definition) is 1. The van der Waals surface area contributed by atoms with Crippen molar-refractivity contribution in [3.8, 4) is 5.69 Å². The number of anilines is 1. The minimum absolute atomic E-state index is 0.0835. The Morgan fingerprint density at radius 3 is 2.14 bits per heavy atom. The zero-order valence-corrected chi connectivity index (χ0v) is 25.9. The largest absolute Gasteiger partial charge is 0.351 e. The van der Waals surface area contributed by atoms with Crippen LogP contribution in [0.5, 0.6) is 0 Å². The number of aryl methyl sites for hydroxylation is 3. The second-order valence-corrected chi connectivity index (χ2v) is 12.3. The van der Waals surface area contributed by atoms with Gasteiger partial charge in [-0.25, -0.2) is 0 Å². The van der Waals surface area contributed by atoms with Crippen molar-refractivity contribution in [3.05, 3.63) is 141 Å². The van der Waals surface area contributed by atoms with Crippen LogP contribution in [0.1, 0.15) is 45.9 Å². The van der Waals surface area contributed by atoms with Crippen molar-refractivity contribution in [2.24, 2.45) is 0 Å². The van der Waals surface area contributed by atoms with Crippen molar-refractivity contribution in [2.45, 2.75) is 49.6 Å². The lowest BCUT2D eigenvalue weighted by molar-refractivity contribution is -0.384. The number of nitro groups is 1. The first-order valence-electron chi connectivity index (χ1n) is 14.0. The molecule has 0 unspecified atom stereocenters. The summed E-state index contributed by atoms with van der Waals surface area (Å²) in [4.78, 5) is 19.5. The molecule has 0 aliphatic carbocycles. The summed E-state index contributed by atoms with van der Waals surface area (Å²) >= 11 is 7.55. The molecule has 1 fully saturated rings. The molecule has 9 heteroatoms. The first-order valence-corrected chi connectivity index (χ1v) is 15.2. The molecule has 2 aromatic heterocycles. The van der Waals surface area contributed by atoms with Crippen molar-refractivity contribution < 1.29 is 4.92 Å². The number of nitrogens with zero attached hydrogens (tertiary/aromatic N) is 4. The maximum atomic E-state index is 11.0. The molecule has 5 aromatic rings. The van der Waals surface area contributed by atoms with Gasteiger partial charge in [-0.15, -0.1) is 0 Å². The molecule has 3 aromatic carbocycles. The Labute approximate surface area is 260 Å². The van der Waals surface area contributed by atoms with Crippen LogP contribution in [0.2, 0.25) is 0 Å². The van der Waals surface area contributed by atoms with Crippen LogP contribution in [-0.4, -0.2) is 19.6 Å². The minimum atomic E-state index is -0.384. The SMILES string of the molecule is Cc1cccc(C)c1-n1c(C)cc([C@@H]2[C@@H](c3ccccn3)NC(=S)N2c2ccc(Sc3ccc([N+](=O)[O-])cc3)cc2)c1C. The average Bonchev–Trinajstić information content (AvgIpc) is 3.49. The van der Waals surface area contributed by atoms with Gasteiger partial charge in [0.15, 0.2) is 5.11 Å². The van der Waals surface area contributed by atoms with Crippen molar-refractivity contribution in [1.29, 1.82) is 0 Å². The highest BCUT2D eigenvalue weighted by molar-refractivity contribution is 7.99. The molecule has 216 valence electrons. The van der Waals surface area contributed by atoms with Crippen LogP contribution in [0.25, 0.3) is 5.69 Å². The van der Waals surface area contributed by atoms with Crippen molar-refractivity contribution in [1.82, 2.24) is 14.9 Å². The van der Waals surface area contributed by atoms with Gasteiger partial charge >= 0.3 is 0 Å². The molecule has 1 saturated heterocycles. The fraction of sp³-hybridized carbons (Fsp3) is 0.176. The summed E-state index contributed by atoms with van der Waals surface area (Å²) in [5, 5.41) is 15.2. The Kier molecular flexibility index (Phi) is 7.77. The number of nitro benzene ring substituents is 1. The average molecular weight is 606 g/mol. The van der Waals surface area contributed by atoms with E-state index in [1.807, 2.05) is 24.4 Å². The van der Waals surface area contributed by atoms with Crippen LogP contribution in [0, 0.1) is 37.8 Å². The van der Waals surface area contributed by atoms with Crippen LogP contribution in [0.3, 0.4) is 0 Å². The third kappa shape index (κ3) is 5.42. The van der Waals surface area contributed by atoms with Crippen LogP contribution >= 0.6 is 24.0 Å². The molecular weight excluding hydrogens is 575 g/mol. The van der Waals surface area contributed by atoms with E-state index in [-0.39, 0.29) is 22.7 Å². The highest BCUT2D eigenvalue weighted by Gasteiger charge is 2.42. The number of rotatable bonds is 7. The molecule has 0 spiro atoms. The van der Waals surface area contributed by atoms with Crippen molar-refractivity contribution >= 4 is 40.5 Å². The molecule has 0 radical (unpaired) electrons. The standard InChI is InChI=1S/C34H31N5O2S2/c1-21-8-7-9-22(2)32(21)37-23(3)20-29(24(37)4)33-31(30-10-5-6-19-35-30)36-34(42)38(33)25-11-15-27(16-12-25)43-28-17-13-26(14-18-28)39(40)41/h5-20,31,33H,1-4H3,(H,36,42)/t31-,33-/m1/s1. The Morgan fingerprint density at radius 1 is 0.884 bits per heavy atom. The second-order valence-electron chi connectivity index (χ2n) is 10.7. The Balaban J connectivity index is 1.39. The van der Waals surface area contributed by atoms with E-state index in [9.17, 15) is 10.1 Å². The molecule has 1 N–H and O–H groups in total. The summed E-state index contributed by atoms with van der Waals surface area (Å²) in [7, 11) is 0. The first-order chi connectivity index (χ1) is 20.7. The summed E-state index contributed by atoms with van der Waals surface area (Å²) in [6.07, 6.45) is 1.82. The molecule has 2 atom stereocenters. The number of benzene rings is 3. The Bertz CT molecular complexity index is 1800. The predicted molar refractivity (Wildman–Crippen MR) is 176 cm³/mol. The van der Waals surface area contributed by atoms with E-state index >= 15 is 0 Å². The van der Waals surface area contributed by atoms with Gasteiger partial charge in [-0.1, -0.05) is 36.0 Å². The van der Waals surface area contributed by atoms with Gasteiger partial charge in [-0.2, -0.15) is 0 Å². The van der Waals surface area contributed by atoms with Crippen LogP contribution in [0.15, 0.2) is 107 Å². The maximum Gasteiger partial charge on any atom is 0.269 e. The van der Waals surface area contributed by atoms with Gasteiger partial charge in [-0.05, 0) is 111 Å². The number of pyridine rings is 1. The fourth-order valence-electron chi connectivity index (χ4n) is 5.99. The lowest BCUT2D eigenvalue weighted by Crippen LogP contribution is -2.29. The summed E-state index contributed by atoms with van der Waals surface area (Å²) in [6, 6.07) is 29.3. The Morgan fingerprint density at radius 2 is 1.53 bits per heavy atom. The third-order valence-corrected chi connectivity index (χ3v) is 9.28. The third-order valence-electron chi connectivity index (χ3n) is 7.95. The van der Waals surface area contributed by atoms with E-state index in [4.69, 9.17) is 17.2 Å². The molecule has 6 rings (SSSR count).